The van der Waals surface area contributed by atoms with E-state index in [0.29, 0.717) is 0 Å². The molecule has 2 heteroatoms. The predicted molar refractivity (Wildman–Crippen MR) is 62.4 cm³/mol. The van der Waals surface area contributed by atoms with Crippen molar-refractivity contribution in [1.29, 1.82) is 0 Å². The first-order valence-electron chi connectivity index (χ1n) is 6.08. The van der Waals surface area contributed by atoms with Gasteiger partial charge in [-0.3, -0.25) is 4.90 Å². The van der Waals surface area contributed by atoms with Gasteiger partial charge in [0.25, 0.3) is 0 Å². The van der Waals surface area contributed by atoms with Crippen LogP contribution in [0.4, 0.5) is 0 Å². The van der Waals surface area contributed by atoms with Crippen LogP contribution in [0.2, 0.25) is 0 Å². The number of nitrogens with two attached hydrogens (primary N) is 1. The maximum absolute atomic E-state index is 6.28. The highest BCUT2D eigenvalue weighted by Gasteiger charge is 2.25. The van der Waals surface area contributed by atoms with E-state index < -0.39 is 0 Å². The molecular formula is C12H26N2. The van der Waals surface area contributed by atoms with E-state index in [1.165, 1.54) is 32.2 Å². The van der Waals surface area contributed by atoms with E-state index in [0.717, 1.165) is 19.0 Å². The van der Waals surface area contributed by atoms with Crippen LogP contribution in [0.25, 0.3) is 0 Å². The summed E-state index contributed by atoms with van der Waals surface area (Å²) in [5, 5.41) is 0. The fraction of sp³-hybridized carbons (Fsp3) is 1.00. The van der Waals surface area contributed by atoms with E-state index in [-0.39, 0.29) is 5.54 Å². The normalized spacial score (nSPS) is 28.7. The Labute approximate surface area is 88.8 Å². The Morgan fingerprint density at radius 2 is 2.14 bits per heavy atom. The van der Waals surface area contributed by atoms with Crippen molar-refractivity contribution in [1.82, 2.24) is 4.90 Å². The second kappa shape index (κ2) is 5.13. The summed E-state index contributed by atoms with van der Waals surface area (Å²) < 4.78 is 0. The molecule has 2 N–H and O–H groups in total. The van der Waals surface area contributed by atoms with Gasteiger partial charge in [0.2, 0.25) is 0 Å². The van der Waals surface area contributed by atoms with Crippen LogP contribution in [-0.2, 0) is 0 Å². The lowest BCUT2D eigenvalue weighted by atomic mass is 9.94. The second-order valence-corrected chi connectivity index (χ2v) is 5.22. The molecule has 1 rings (SSSR count). The molecule has 1 saturated heterocycles. The molecule has 2 unspecified atom stereocenters. The van der Waals surface area contributed by atoms with E-state index in [1.807, 2.05) is 0 Å². The van der Waals surface area contributed by atoms with Gasteiger partial charge in [-0.25, -0.2) is 0 Å². The number of nitrogens with zero attached hydrogens (tertiary/aromatic N) is 1. The summed E-state index contributed by atoms with van der Waals surface area (Å²) in [7, 11) is 0. The highest BCUT2D eigenvalue weighted by atomic mass is 15.2. The summed E-state index contributed by atoms with van der Waals surface area (Å²) in [6.45, 7) is 9.06. The van der Waals surface area contributed by atoms with E-state index in [2.05, 4.69) is 25.7 Å². The van der Waals surface area contributed by atoms with Crippen LogP contribution in [0, 0.1) is 0 Å². The quantitative estimate of drug-likeness (QED) is 0.751. The molecule has 2 atom stereocenters. The number of hydrogen-bond acceptors (Lipinski definition) is 2. The highest BCUT2D eigenvalue weighted by molar-refractivity contribution is 4.85. The molecule has 0 bridgehead atoms. The SMILES string of the molecule is CCCC(C)(N)CN1CCCCC1C. The summed E-state index contributed by atoms with van der Waals surface area (Å²) in [4.78, 5) is 2.57. The van der Waals surface area contributed by atoms with Gasteiger partial charge in [-0.15, -0.1) is 0 Å². The lowest BCUT2D eigenvalue weighted by molar-refractivity contribution is 0.125. The fourth-order valence-corrected chi connectivity index (χ4v) is 2.51. The molecule has 2 nitrogen and oxygen atoms in total. The van der Waals surface area contributed by atoms with E-state index >= 15 is 0 Å². The first-order valence-corrected chi connectivity index (χ1v) is 6.08. The van der Waals surface area contributed by atoms with Crippen molar-refractivity contribution >= 4 is 0 Å². The molecule has 0 aromatic carbocycles. The predicted octanol–water partition coefficient (Wildman–Crippen LogP) is 2.38. The minimum Gasteiger partial charge on any atom is -0.324 e. The zero-order chi connectivity index (χ0) is 10.6. The van der Waals surface area contributed by atoms with Crippen LogP contribution in [0.1, 0.15) is 52.9 Å². The van der Waals surface area contributed by atoms with E-state index in [9.17, 15) is 0 Å². The zero-order valence-corrected chi connectivity index (χ0v) is 10.1. The molecule has 0 amide bonds. The van der Waals surface area contributed by atoms with Crippen molar-refractivity contribution in [3.63, 3.8) is 0 Å². The Morgan fingerprint density at radius 3 is 2.71 bits per heavy atom. The van der Waals surface area contributed by atoms with Crippen molar-refractivity contribution in [2.75, 3.05) is 13.1 Å². The maximum atomic E-state index is 6.28. The summed E-state index contributed by atoms with van der Waals surface area (Å²) in [5.74, 6) is 0. The van der Waals surface area contributed by atoms with Crippen LogP contribution in [0.3, 0.4) is 0 Å². The van der Waals surface area contributed by atoms with Crippen LogP contribution >= 0.6 is 0 Å². The molecule has 0 aromatic heterocycles. The molecule has 0 aromatic rings. The topological polar surface area (TPSA) is 29.3 Å². The molecule has 14 heavy (non-hydrogen) atoms. The van der Waals surface area contributed by atoms with Gasteiger partial charge in [0.05, 0.1) is 0 Å². The van der Waals surface area contributed by atoms with Gasteiger partial charge in [-0.05, 0) is 39.7 Å². The lowest BCUT2D eigenvalue weighted by Gasteiger charge is -2.39. The lowest BCUT2D eigenvalue weighted by Crippen LogP contribution is -2.51. The summed E-state index contributed by atoms with van der Waals surface area (Å²) in [6, 6.07) is 0.739. The standard InChI is InChI=1S/C12H26N2/c1-4-8-12(3,13)10-14-9-6-5-7-11(14)2/h11H,4-10,13H2,1-3H3. The van der Waals surface area contributed by atoms with Crippen LogP contribution in [-0.4, -0.2) is 29.6 Å². The van der Waals surface area contributed by atoms with Crippen molar-refractivity contribution < 1.29 is 0 Å². The summed E-state index contributed by atoms with van der Waals surface area (Å²) >= 11 is 0. The average molecular weight is 198 g/mol. The number of piperidine rings is 1. The van der Waals surface area contributed by atoms with Gasteiger partial charge in [-0.2, -0.15) is 0 Å². The average Bonchev–Trinajstić information content (AvgIpc) is 2.08. The van der Waals surface area contributed by atoms with Crippen LogP contribution < -0.4 is 5.73 Å². The molecule has 1 fully saturated rings. The van der Waals surface area contributed by atoms with Gasteiger partial charge in [-0.1, -0.05) is 19.8 Å². The fourth-order valence-electron chi connectivity index (χ4n) is 2.51. The number of likely N-dealkylation sites (tertiary alicyclic amines) is 1. The first kappa shape index (κ1) is 12.0. The van der Waals surface area contributed by atoms with E-state index in [1.54, 1.807) is 0 Å². The van der Waals surface area contributed by atoms with Gasteiger partial charge in [0, 0.05) is 18.1 Å². The van der Waals surface area contributed by atoms with Gasteiger partial charge >= 0.3 is 0 Å². The molecule has 0 radical (unpaired) electrons. The van der Waals surface area contributed by atoms with Crippen molar-refractivity contribution in [3.8, 4) is 0 Å². The Hall–Kier alpha value is -0.0800. The zero-order valence-electron chi connectivity index (χ0n) is 10.1. The minimum absolute atomic E-state index is 0.0142. The molecule has 0 aliphatic carbocycles. The third-order valence-electron chi connectivity index (χ3n) is 3.33. The molecule has 1 heterocycles. The van der Waals surface area contributed by atoms with Gasteiger partial charge in [0.1, 0.15) is 0 Å². The minimum atomic E-state index is 0.0142. The Kier molecular flexibility index (Phi) is 4.39. The van der Waals surface area contributed by atoms with Gasteiger partial charge in [0.15, 0.2) is 0 Å². The first-order chi connectivity index (χ1) is 6.55. The van der Waals surface area contributed by atoms with Crippen molar-refractivity contribution in [2.24, 2.45) is 5.73 Å². The molecule has 0 spiro atoms. The summed E-state index contributed by atoms with van der Waals surface area (Å²) in [6.07, 6.45) is 6.42. The number of rotatable bonds is 4. The molecule has 84 valence electrons. The molecule has 1 aliphatic heterocycles. The third-order valence-corrected chi connectivity index (χ3v) is 3.33. The van der Waals surface area contributed by atoms with Gasteiger partial charge < -0.3 is 5.73 Å². The van der Waals surface area contributed by atoms with E-state index in [4.69, 9.17) is 5.73 Å². The summed E-state index contributed by atoms with van der Waals surface area (Å²) in [5.41, 5.74) is 6.29. The molecule has 0 saturated carbocycles. The Balaban J connectivity index is 2.40. The highest BCUT2D eigenvalue weighted by Crippen LogP contribution is 2.20. The maximum Gasteiger partial charge on any atom is 0.0254 e. The Bertz CT molecular complexity index is 166. The second-order valence-electron chi connectivity index (χ2n) is 5.22. The van der Waals surface area contributed by atoms with Crippen molar-refractivity contribution in [2.45, 2.75) is 64.5 Å². The molecule has 1 aliphatic rings. The largest absolute Gasteiger partial charge is 0.324 e. The molecular weight excluding hydrogens is 172 g/mol. The van der Waals surface area contributed by atoms with Crippen LogP contribution in [0.5, 0.6) is 0 Å². The third kappa shape index (κ3) is 3.58. The van der Waals surface area contributed by atoms with Crippen molar-refractivity contribution in [3.05, 3.63) is 0 Å². The monoisotopic (exact) mass is 198 g/mol. The number of hydrogen-bond donors (Lipinski definition) is 1. The van der Waals surface area contributed by atoms with Crippen LogP contribution in [0.15, 0.2) is 0 Å². The Morgan fingerprint density at radius 1 is 1.43 bits per heavy atom. The smallest absolute Gasteiger partial charge is 0.0254 e.